The van der Waals surface area contributed by atoms with Crippen molar-refractivity contribution in [1.82, 2.24) is 4.90 Å². The molecule has 0 N–H and O–H groups in total. The highest BCUT2D eigenvalue weighted by Gasteiger charge is 2.17. The van der Waals surface area contributed by atoms with Crippen LogP contribution in [0.4, 0.5) is 4.39 Å². The molecule has 4 heteroatoms. The van der Waals surface area contributed by atoms with Crippen LogP contribution in [0.15, 0.2) is 12.2 Å². The fraction of sp³-hybridized carbons (Fsp3) is 0.600. The predicted molar refractivity (Wildman–Crippen MR) is 53.4 cm³/mol. The van der Waals surface area contributed by atoms with E-state index in [1.807, 2.05) is 13.8 Å². The number of allylic oxidation sites excluding steroid dienone is 1. The lowest BCUT2D eigenvalue weighted by Crippen LogP contribution is -2.38. The van der Waals surface area contributed by atoms with Crippen molar-refractivity contribution in [3.63, 3.8) is 0 Å². The number of hydrogen-bond donors (Lipinski definition) is 0. The quantitative estimate of drug-likeness (QED) is 0.487. The Morgan fingerprint density at radius 1 is 1.71 bits per heavy atom. The summed E-state index contributed by atoms with van der Waals surface area (Å²) in [4.78, 5) is 16.2. The maximum absolute atomic E-state index is 11.8. The summed E-state index contributed by atoms with van der Waals surface area (Å²) in [7, 11) is 0. The summed E-state index contributed by atoms with van der Waals surface area (Å²) in [5.74, 6) is -0.235. The monoisotopic (exact) mass is 198 g/mol. The zero-order valence-corrected chi connectivity index (χ0v) is 8.53. The molecule has 14 heavy (non-hydrogen) atoms. The van der Waals surface area contributed by atoms with Crippen molar-refractivity contribution >= 4 is 5.91 Å². The topological polar surface area (TPSA) is 24.7 Å². The van der Waals surface area contributed by atoms with Gasteiger partial charge in [-0.2, -0.15) is 0 Å². The minimum absolute atomic E-state index is 0.116. The first kappa shape index (κ1) is 12.6. The number of carbonyl (C=O) groups excluding carboxylic acids is 1. The molecule has 0 aromatic heterocycles. The van der Waals surface area contributed by atoms with Crippen LogP contribution in [-0.2, 0) is 4.79 Å². The third-order valence-electron chi connectivity index (χ3n) is 1.86. The van der Waals surface area contributed by atoms with E-state index in [1.54, 1.807) is 4.90 Å². The SMILES string of the molecule is [C-]#[N+]C[C@@H](C)N(CC)C(=O)/C=C/CF. The van der Waals surface area contributed by atoms with Gasteiger partial charge in [0.15, 0.2) is 0 Å². The van der Waals surface area contributed by atoms with Crippen LogP contribution < -0.4 is 0 Å². The van der Waals surface area contributed by atoms with E-state index in [2.05, 4.69) is 4.85 Å². The van der Waals surface area contributed by atoms with E-state index in [4.69, 9.17) is 6.57 Å². The average molecular weight is 198 g/mol. The highest BCUT2D eigenvalue weighted by atomic mass is 19.1. The zero-order valence-electron chi connectivity index (χ0n) is 8.53. The van der Waals surface area contributed by atoms with Crippen molar-refractivity contribution in [2.75, 3.05) is 19.8 Å². The summed E-state index contributed by atoms with van der Waals surface area (Å²) in [5.41, 5.74) is 0. The number of alkyl halides is 1. The lowest BCUT2D eigenvalue weighted by atomic mass is 10.2. The lowest BCUT2D eigenvalue weighted by molar-refractivity contribution is -0.127. The first-order valence-corrected chi connectivity index (χ1v) is 4.53. The van der Waals surface area contributed by atoms with Gasteiger partial charge in [-0.3, -0.25) is 4.79 Å². The summed E-state index contributed by atoms with van der Waals surface area (Å²) in [6.45, 7) is 10.5. The Morgan fingerprint density at radius 2 is 2.36 bits per heavy atom. The second-order valence-corrected chi connectivity index (χ2v) is 2.87. The van der Waals surface area contributed by atoms with E-state index in [1.165, 1.54) is 12.2 Å². The van der Waals surface area contributed by atoms with Crippen molar-refractivity contribution in [2.45, 2.75) is 19.9 Å². The molecule has 1 amide bonds. The first-order valence-electron chi connectivity index (χ1n) is 4.53. The summed E-state index contributed by atoms with van der Waals surface area (Å²) >= 11 is 0. The molecule has 78 valence electrons. The van der Waals surface area contributed by atoms with Gasteiger partial charge in [-0.05, 0) is 19.9 Å². The fourth-order valence-corrected chi connectivity index (χ4v) is 1.16. The Hall–Kier alpha value is -1.37. The molecule has 0 unspecified atom stereocenters. The smallest absolute Gasteiger partial charge is 0.246 e. The Bertz CT molecular complexity index is 245. The Kier molecular flexibility index (Phi) is 6.38. The molecule has 3 nitrogen and oxygen atoms in total. The first-order chi connectivity index (χ1) is 6.67. The number of hydrogen-bond acceptors (Lipinski definition) is 1. The average Bonchev–Trinajstić information content (AvgIpc) is 2.16. The van der Waals surface area contributed by atoms with Gasteiger partial charge in [0.25, 0.3) is 0 Å². The molecular weight excluding hydrogens is 183 g/mol. The standard InChI is InChI=1S/C10H15FN2O/c1-4-13(9(2)8-12-3)10(14)6-5-7-11/h5-6,9H,4,7-8H2,1-2H3/b6-5+/t9-/m1/s1. The molecule has 0 aliphatic heterocycles. The second-order valence-electron chi connectivity index (χ2n) is 2.87. The van der Waals surface area contributed by atoms with E-state index < -0.39 is 6.67 Å². The molecule has 0 fully saturated rings. The van der Waals surface area contributed by atoms with Gasteiger partial charge in [-0.25, -0.2) is 11.0 Å². The highest BCUT2D eigenvalue weighted by Crippen LogP contribution is 2.01. The molecule has 0 aromatic carbocycles. The van der Waals surface area contributed by atoms with Crippen LogP contribution in [-0.4, -0.2) is 36.6 Å². The molecule has 0 saturated carbocycles. The van der Waals surface area contributed by atoms with Crippen molar-refractivity contribution < 1.29 is 9.18 Å². The summed E-state index contributed by atoms with van der Waals surface area (Å²) in [5, 5.41) is 0. The highest BCUT2D eigenvalue weighted by molar-refractivity contribution is 5.87. The van der Waals surface area contributed by atoms with Gasteiger partial charge in [-0.15, -0.1) is 0 Å². The molecule has 0 radical (unpaired) electrons. The van der Waals surface area contributed by atoms with Gasteiger partial charge < -0.3 is 9.74 Å². The van der Waals surface area contributed by atoms with E-state index in [0.29, 0.717) is 6.54 Å². The number of nitrogens with zero attached hydrogens (tertiary/aromatic N) is 2. The molecule has 0 aliphatic rings. The molecule has 0 rings (SSSR count). The maximum atomic E-state index is 11.8. The second kappa shape index (κ2) is 7.07. The van der Waals surface area contributed by atoms with Gasteiger partial charge in [0.1, 0.15) is 12.7 Å². The lowest BCUT2D eigenvalue weighted by Gasteiger charge is -2.22. The Morgan fingerprint density at radius 3 is 2.79 bits per heavy atom. The normalized spacial score (nSPS) is 12.4. The molecule has 0 spiro atoms. The molecule has 1 atom stereocenters. The summed E-state index contributed by atoms with van der Waals surface area (Å²) in [6.07, 6.45) is 2.39. The van der Waals surface area contributed by atoms with Crippen molar-refractivity contribution in [1.29, 1.82) is 0 Å². The summed E-state index contributed by atoms with van der Waals surface area (Å²) in [6, 6.07) is -0.116. The van der Waals surface area contributed by atoms with E-state index in [0.717, 1.165) is 0 Å². The van der Waals surface area contributed by atoms with E-state index in [-0.39, 0.29) is 18.5 Å². The summed E-state index contributed by atoms with van der Waals surface area (Å²) < 4.78 is 11.8. The molecule has 0 bridgehead atoms. The fourth-order valence-electron chi connectivity index (χ4n) is 1.16. The van der Waals surface area contributed by atoms with Gasteiger partial charge in [0.05, 0.1) is 0 Å². The van der Waals surface area contributed by atoms with Crippen LogP contribution in [0.25, 0.3) is 4.85 Å². The molecule has 0 aromatic rings. The molecular formula is C10H15FN2O. The van der Waals surface area contributed by atoms with Crippen LogP contribution >= 0.6 is 0 Å². The number of halogens is 1. The van der Waals surface area contributed by atoms with E-state index in [9.17, 15) is 9.18 Å². The third kappa shape index (κ3) is 4.04. The Balaban J connectivity index is 4.33. The largest absolute Gasteiger partial charge is 0.329 e. The maximum Gasteiger partial charge on any atom is 0.246 e. The van der Waals surface area contributed by atoms with Crippen molar-refractivity contribution in [2.24, 2.45) is 0 Å². The zero-order chi connectivity index (χ0) is 11.0. The number of amides is 1. The van der Waals surface area contributed by atoms with Gasteiger partial charge in [-0.1, -0.05) is 0 Å². The van der Waals surface area contributed by atoms with Gasteiger partial charge in [0, 0.05) is 12.6 Å². The number of likely N-dealkylation sites (N-methyl/N-ethyl adjacent to an activating group) is 1. The minimum Gasteiger partial charge on any atom is -0.329 e. The molecule has 0 heterocycles. The van der Waals surface area contributed by atoms with Crippen LogP contribution in [0.5, 0.6) is 0 Å². The van der Waals surface area contributed by atoms with Crippen molar-refractivity contribution in [3.05, 3.63) is 23.6 Å². The number of carbonyl (C=O) groups is 1. The Labute approximate surface area is 84.0 Å². The predicted octanol–water partition coefficient (Wildman–Crippen LogP) is 1.67. The minimum atomic E-state index is -0.638. The van der Waals surface area contributed by atoms with Crippen LogP contribution in [0, 0.1) is 6.57 Å². The molecule has 0 aliphatic carbocycles. The van der Waals surface area contributed by atoms with Crippen molar-refractivity contribution in [3.8, 4) is 0 Å². The van der Waals surface area contributed by atoms with Gasteiger partial charge >= 0.3 is 0 Å². The van der Waals surface area contributed by atoms with Crippen LogP contribution in [0.2, 0.25) is 0 Å². The van der Waals surface area contributed by atoms with Gasteiger partial charge in [0.2, 0.25) is 12.5 Å². The molecule has 0 saturated heterocycles. The van der Waals surface area contributed by atoms with Crippen LogP contribution in [0.3, 0.4) is 0 Å². The third-order valence-corrected chi connectivity index (χ3v) is 1.86. The van der Waals surface area contributed by atoms with Crippen LogP contribution in [0.1, 0.15) is 13.8 Å². The number of rotatable bonds is 5. The van der Waals surface area contributed by atoms with E-state index >= 15 is 0 Å².